The van der Waals surface area contributed by atoms with Gasteiger partial charge >= 0.3 is 0 Å². The molecule has 0 bridgehead atoms. The van der Waals surface area contributed by atoms with Crippen molar-refractivity contribution in [2.75, 3.05) is 0 Å². The summed E-state index contributed by atoms with van der Waals surface area (Å²) in [5.41, 5.74) is 0. The van der Waals surface area contributed by atoms with Crippen molar-refractivity contribution < 1.29 is 4.42 Å². The Bertz CT molecular complexity index is 348. The Labute approximate surface area is 110 Å². The quantitative estimate of drug-likeness (QED) is 0.810. The maximum Gasteiger partial charge on any atom is 0.208 e. The fourth-order valence-electron chi connectivity index (χ4n) is 2.82. The molecule has 1 aliphatic carbocycles. The summed E-state index contributed by atoms with van der Waals surface area (Å²) in [7, 11) is 0. The van der Waals surface area contributed by atoms with Crippen molar-refractivity contribution >= 4 is 0 Å². The Hall–Kier alpha value is -0.830. The van der Waals surface area contributed by atoms with Gasteiger partial charge in [-0.2, -0.15) is 0 Å². The number of oxazole rings is 1. The third-order valence-electron chi connectivity index (χ3n) is 4.16. The summed E-state index contributed by atoms with van der Waals surface area (Å²) in [5.74, 6) is 2.77. The first kappa shape index (κ1) is 13.6. The van der Waals surface area contributed by atoms with Crippen molar-refractivity contribution in [3.63, 3.8) is 0 Å². The Kier molecular flexibility index (Phi) is 5.24. The fraction of sp³-hybridized carbons (Fsp3) is 0.800. The standard InChI is InChI=1S/C15H26N2O/c1-3-12-6-5-7-13(9-8-12)16-11-15-17-10-14(4-2)18-15/h10,12-13,16H,3-9,11H2,1-2H3. The molecule has 102 valence electrons. The molecule has 2 atom stereocenters. The predicted molar refractivity (Wildman–Crippen MR) is 73.4 cm³/mol. The van der Waals surface area contributed by atoms with E-state index in [4.69, 9.17) is 4.42 Å². The van der Waals surface area contributed by atoms with Crippen LogP contribution >= 0.6 is 0 Å². The van der Waals surface area contributed by atoms with Gasteiger partial charge in [-0.25, -0.2) is 4.98 Å². The topological polar surface area (TPSA) is 38.1 Å². The molecule has 1 saturated carbocycles. The zero-order valence-electron chi connectivity index (χ0n) is 11.7. The van der Waals surface area contributed by atoms with Crippen molar-refractivity contribution in [2.24, 2.45) is 5.92 Å². The highest BCUT2D eigenvalue weighted by molar-refractivity contribution is 4.93. The number of nitrogens with one attached hydrogen (secondary N) is 1. The van der Waals surface area contributed by atoms with Gasteiger partial charge in [-0.15, -0.1) is 0 Å². The van der Waals surface area contributed by atoms with Crippen LogP contribution in [0.5, 0.6) is 0 Å². The van der Waals surface area contributed by atoms with Crippen LogP contribution in [0.1, 0.15) is 64.0 Å². The monoisotopic (exact) mass is 250 g/mol. The SMILES string of the molecule is CCc1cnc(CNC2CCCC(CC)CC2)o1. The highest BCUT2D eigenvalue weighted by Crippen LogP contribution is 2.25. The van der Waals surface area contributed by atoms with Gasteiger partial charge in [0.15, 0.2) is 0 Å². The molecule has 0 radical (unpaired) electrons. The maximum atomic E-state index is 5.62. The summed E-state index contributed by atoms with van der Waals surface area (Å²) in [5, 5.41) is 3.60. The van der Waals surface area contributed by atoms with Crippen LogP contribution in [-0.4, -0.2) is 11.0 Å². The van der Waals surface area contributed by atoms with Crippen molar-refractivity contribution in [3.8, 4) is 0 Å². The van der Waals surface area contributed by atoms with Crippen LogP contribution in [0.2, 0.25) is 0 Å². The summed E-state index contributed by atoms with van der Waals surface area (Å²) < 4.78 is 5.62. The van der Waals surface area contributed by atoms with E-state index < -0.39 is 0 Å². The minimum absolute atomic E-state index is 0.651. The van der Waals surface area contributed by atoms with E-state index in [1.54, 1.807) is 0 Å². The van der Waals surface area contributed by atoms with Gasteiger partial charge in [0, 0.05) is 12.5 Å². The molecule has 1 fully saturated rings. The summed E-state index contributed by atoms with van der Waals surface area (Å²) in [6.07, 6.45) is 10.9. The second-order valence-electron chi connectivity index (χ2n) is 5.43. The van der Waals surface area contributed by atoms with Gasteiger partial charge < -0.3 is 9.73 Å². The first-order chi connectivity index (χ1) is 8.81. The molecule has 1 aliphatic rings. The van der Waals surface area contributed by atoms with Crippen LogP contribution in [0.4, 0.5) is 0 Å². The molecule has 0 saturated heterocycles. The van der Waals surface area contributed by atoms with Gasteiger partial charge in [-0.3, -0.25) is 0 Å². The van der Waals surface area contributed by atoms with Gasteiger partial charge in [0.2, 0.25) is 5.89 Å². The first-order valence-electron chi connectivity index (χ1n) is 7.48. The first-order valence-corrected chi connectivity index (χ1v) is 7.48. The van der Waals surface area contributed by atoms with E-state index in [1.807, 2.05) is 6.20 Å². The van der Waals surface area contributed by atoms with Crippen molar-refractivity contribution in [2.45, 2.75) is 71.4 Å². The van der Waals surface area contributed by atoms with Crippen LogP contribution in [0.25, 0.3) is 0 Å². The van der Waals surface area contributed by atoms with E-state index in [9.17, 15) is 0 Å². The maximum absolute atomic E-state index is 5.62. The molecule has 18 heavy (non-hydrogen) atoms. The second-order valence-corrected chi connectivity index (χ2v) is 5.43. The molecule has 0 amide bonds. The van der Waals surface area contributed by atoms with Crippen molar-refractivity contribution in [3.05, 3.63) is 17.8 Å². The minimum Gasteiger partial charge on any atom is -0.444 e. The van der Waals surface area contributed by atoms with E-state index in [0.717, 1.165) is 30.5 Å². The van der Waals surface area contributed by atoms with E-state index in [1.165, 1.54) is 38.5 Å². The van der Waals surface area contributed by atoms with Crippen LogP contribution in [0.3, 0.4) is 0 Å². The molecular weight excluding hydrogens is 224 g/mol. The second kappa shape index (κ2) is 6.93. The lowest BCUT2D eigenvalue weighted by Crippen LogP contribution is -2.28. The smallest absolute Gasteiger partial charge is 0.208 e. The normalized spacial score (nSPS) is 25.0. The number of hydrogen-bond acceptors (Lipinski definition) is 3. The highest BCUT2D eigenvalue weighted by atomic mass is 16.4. The molecule has 0 spiro atoms. The number of nitrogens with zero attached hydrogens (tertiary/aromatic N) is 1. The number of aryl methyl sites for hydroxylation is 1. The highest BCUT2D eigenvalue weighted by Gasteiger charge is 2.17. The van der Waals surface area contributed by atoms with Gasteiger partial charge in [-0.1, -0.05) is 33.1 Å². The Morgan fingerprint density at radius 2 is 2.17 bits per heavy atom. The molecule has 2 unspecified atom stereocenters. The third-order valence-corrected chi connectivity index (χ3v) is 4.16. The Morgan fingerprint density at radius 3 is 2.89 bits per heavy atom. The lowest BCUT2D eigenvalue weighted by molar-refractivity contribution is 0.389. The molecule has 1 heterocycles. The zero-order valence-corrected chi connectivity index (χ0v) is 11.7. The van der Waals surface area contributed by atoms with E-state index >= 15 is 0 Å². The van der Waals surface area contributed by atoms with E-state index in [-0.39, 0.29) is 0 Å². The summed E-state index contributed by atoms with van der Waals surface area (Å²) in [6, 6.07) is 0.651. The van der Waals surface area contributed by atoms with Gasteiger partial charge in [0.05, 0.1) is 12.7 Å². The zero-order chi connectivity index (χ0) is 12.8. The average molecular weight is 250 g/mol. The summed E-state index contributed by atoms with van der Waals surface area (Å²) >= 11 is 0. The van der Waals surface area contributed by atoms with Gasteiger partial charge in [0.25, 0.3) is 0 Å². The lowest BCUT2D eigenvalue weighted by atomic mass is 9.98. The molecule has 0 aromatic carbocycles. The number of aromatic nitrogens is 1. The summed E-state index contributed by atoms with van der Waals surface area (Å²) in [4.78, 5) is 4.30. The molecule has 3 nitrogen and oxygen atoms in total. The Balaban J connectivity index is 1.76. The molecule has 3 heteroatoms. The van der Waals surface area contributed by atoms with Crippen molar-refractivity contribution in [1.29, 1.82) is 0 Å². The minimum atomic E-state index is 0.651. The predicted octanol–water partition coefficient (Wildman–Crippen LogP) is 3.69. The molecular formula is C15H26N2O. The van der Waals surface area contributed by atoms with Crippen LogP contribution < -0.4 is 5.32 Å². The molecule has 2 rings (SSSR count). The Morgan fingerprint density at radius 1 is 1.28 bits per heavy atom. The fourth-order valence-corrected chi connectivity index (χ4v) is 2.82. The molecule has 0 aliphatic heterocycles. The van der Waals surface area contributed by atoms with Crippen LogP contribution in [-0.2, 0) is 13.0 Å². The summed E-state index contributed by atoms with van der Waals surface area (Å²) in [6.45, 7) is 5.19. The van der Waals surface area contributed by atoms with Gasteiger partial charge in [-0.05, 0) is 25.2 Å². The van der Waals surface area contributed by atoms with Gasteiger partial charge in [0.1, 0.15) is 5.76 Å². The largest absolute Gasteiger partial charge is 0.444 e. The third kappa shape index (κ3) is 3.84. The van der Waals surface area contributed by atoms with Crippen LogP contribution in [0, 0.1) is 5.92 Å². The molecule has 1 aromatic heterocycles. The number of rotatable bonds is 5. The van der Waals surface area contributed by atoms with Crippen LogP contribution in [0.15, 0.2) is 10.6 Å². The average Bonchev–Trinajstić information content (AvgIpc) is 2.74. The molecule has 1 N–H and O–H groups in total. The molecule has 1 aromatic rings. The lowest BCUT2D eigenvalue weighted by Gasteiger charge is -2.15. The number of hydrogen-bond donors (Lipinski definition) is 1. The van der Waals surface area contributed by atoms with E-state index in [0.29, 0.717) is 6.04 Å². The van der Waals surface area contributed by atoms with Crippen molar-refractivity contribution in [1.82, 2.24) is 10.3 Å². The van der Waals surface area contributed by atoms with E-state index in [2.05, 4.69) is 24.1 Å².